The molecule has 0 saturated carbocycles. The highest BCUT2D eigenvalue weighted by Gasteiger charge is 2.25. The van der Waals surface area contributed by atoms with Crippen molar-refractivity contribution in [3.63, 3.8) is 0 Å². The molecule has 0 spiro atoms. The number of hydrogen-bond donors (Lipinski definition) is 2. The fourth-order valence-corrected chi connectivity index (χ4v) is 1.87. The van der Waals surface area contributed by atoms with Crippen LogP contribution in [0, 0.1) is 10.1 Å². The molecule has 0 bridgehead atoms. The maximum atomic E-state index is 11.0. The summed E-state index contributed by atoms with van der Waals surface area (Å²) in [5.74, 6) is 0.395. The van der Waals surface area contributed by atoms with Crippen LogP contribution in [0.25, 0.3) is 0 Å². The molecule has 0 aromatic heterocycles. The first kappa shape index (κ1) is 14.9. The number of nitrogens with one attached hydrogen (secondary N) is 1. The largest absolute Gasteiger partial charge is 0.493 e. The number of nitro groups is 1. The fourth-order valence-electron chi connectivity index (χ4n) is 1.87. The van der Waals surface area contributed by atoms with Gasteiger partial charge in [-0.25, -0.2) is 4.79 Å². The summed E-state index contributed by atoms with van der Waals surface area (Å²) in [6.07, 6.45) is -1.00. The SMILES string of the molecule is COc1cc(CO)c([N+](=O)[O-])cc1OCC1CNC(=O)O1. The molecule has 114 valence electrons. The number of nitrogens with zero attached hydrogens (tertiary/aromatic N) is 1. The van der Waals surface area contributed by atoms with Gasteiger partial charge in [0.1, 0.15) is 6.61 Å². The number of hydrogen-bond acceptors (Lipinski definition) is 7. The van der Waals surface area contributed by atoms with E-state index in [1.807, 2.05) is 0 Å². The second-order valence-electron chi connectivity index (χ2n) is 4.27. The zero-order valence-corrected chi connectivity index (χ0v) is 11.2. The Morgan fingerprint density at radius 2 is 2.29 bits per heavy atom. The molecule has 1 fully saturated rings. The van der Waals surface area contributed by atoms with E-state index >= 15 is 0 Å². The summed E-state index contributed by atoms with van der Waals surface area (Å²) in [6.45, 7) is -0.153. The quantitative estimate of drug-likeness (QED) is 0.582. The molecule has 1 unspecified atom stereocenters. The Morgan fingerprint density at radius 1 is 1.52 bits per heavy atom. The molecular formula is C12H14N2O7. The molecule has 9 heteroatoms. The molecule has 1 aliphatic heterocycles. The highest BCUT2D eigenvalue weighted by Crippen LogP contribution is 2.34. The first-order chi connectivity index (χ1) is 10.0. The van der Waals surface area contributed by atoms with Gasteiger partial charge in [-0.1, -0.05) is 0 Å². The van der Waals surface area contributed by atoms with Crippen LogP contribution in [0.2, 0.25) is 0 Å². The molecule has 21 heavy (non-hydrogen) atoms. The molecule has 1 amide bonds. The number of aliphatic hydroxyl groups excluding tert-OH is 1. The van der Waals surface area contributed by atoms with E-state index < -0.39 is 23.7 Å². The predicted octanol–water partition coefficient (Wildman–Crippen LogP) is 0.583. The van der Waals surface area contributed by atoms with Gasteiger partial charge in [-0.15, -0.1) is 0 Å². The molecular weight excluding hydrogens is 284 g/mol. The number of ether oxygens (including phenoxy) is 3. The maximum absolute atomic E-state index is 11.0. The van der Waals surface area contributed by atoms with Crippen LogP contribution in [0.3, 0.4) is 0 Å². The summed E-state index contributed by atoms with van der Waals surface area (Å²) in [7, 11) is 1.38. The highest BCUT2D eigenvalue weighted by molar-refractivity contribution is 5.69. The Bertz CT molecular complexity index is 561. The number of rotatable bonds is 6. The maximum Gasteiger partial charge on any atom is 0.407 e. The summed E-state index contributed by atoms with van der Waals surface area (Å²) in [5, 5.41) is 22.6. The first-order valence-electron chi connectivity index (χ1n) is 6.08. The summed E-state index contributed by atoms with van der Waals surface area (Å²) in [6, 6.07) is 2.51. The van der Waals surface area contributed by atoms with Gasteiger partial charge in [0.2, 0.25) is 0 Å². The Hall–Kier alpha value is -2.55. The van der Waals surface area contributed by atoms with Crippen LogP contribution in [-0.4, -0.2) is 42.5 Å². The van der Waals surface area contributed by atoms with Gasteiger partial charge in [-0.2, -0.15) is 0 Å². The van der Waals surface area contributed by atoms with Gasteiger partial charge in [0, 0.05) is 0 Å². The number of alkyl carbamates (subject to hydrolysis) is 1. The van der Waals surface area contributed by atoms with Crippen LogP contribution in [0.15, 0.2) is 12.1 Å². The minimum Gasteiger partial charge on any atom is -0.493 e. The van der Waals surface area contributed by atoms with E-state index in [2.05, 4.69) is 5.32 Å². The van der Waals surface area contributed by atoms with Crippen molar-refractivity contribution < 1.29 is 29.0 Å². The van der Waals surface area contributed by atoms with Crippen molar-refractivity contribution in [3.8, 4) is 11.5 Å². The Kier molecular flexibility index (Phi) is 4.43. The number of aliphatic hydroxyl groups is 1. The topological polar surface area (TPSA) is 120 Å². The molecule has 1 aromatic rings. The molecule has 1 heterocycles. The van der Waals surface area contributed by atoms with Crippen LogP contribution >= 0.6 is 0 Å². The van der Waals surface area contributed by atoms with Crippen LogP contribution in [0.1, 0.15) is 5.56 Å². The molecule has 0 aliphatic carbocycles. The average molecular weight is 298 g/mol. The normalized spacial score (nSPS) is 17.0. The number of nitro benzene ring substituents is 1. The van der Waals surface area contributed by atoms with Crippen molar-refractivity contribution in [2.24, 2.45) is 0 Å². The van der Waals surface area contributed by atoms with Gasteiger partial charge in [0.15, 0.2) is 17.6 Å². The molecule has 0 radical (unpaired) electrons. The van der Waals surface area contributed by atoms with Crippen molar-refractivity contribution in [2.45, 2.75) is 12.7 Å². The van der Waals surface area contributed by atoms with Crippen molar-refractivity contribution in [1.82, 2.24) is 5.32 Å². The fraction of sp³-hybridized carbons (Fsp3) is 0.417. The minimum absolute atomic E-state index is 0.0325. The number of carbonyl (C=O) groups is 1. The van der Waals surface area contributed by atoms with Gasteiger partial charge in [0.25, 0.3) is 5.69 Å². The van der Waals surface area contributed by atoms with E-state index in [1.54, 1.807) is 0 Å². The molecule has 1 atom stereocenters. The van der Waals surface area contributed by atoms with Crippen molar-refractivity contribution in [1.29, 1.82) is 0 Å². The van der Waals surface area contributed by atoms with Crippen LogP contribution in [-0.2, 0) is 11.3 Å². The lowest BCUT2D eigenvalue weighted by atomic mass is 10.1. The van der Waals surface area contributed by atoms with Gasteiger partial charge in [-0.05, 0) is 6.07 Å². The molecule has 1 aromatic carbocycles. The smallest absolute Gasteiger partial charge is 0.407 e. The van der Waals surface area contributed by atoms with Gasteiger partial charge in [0.05, 0.1) is 36.8 Å². The molecule has 1 saturated heterocycles. The van der Waals surface area contributed by atoms with Gasteiger partial charge >= 0.3 is 6.09 Å². The lowest BCUT2D eigenvalue weighted by molar-refractivity contribution is -0.386. The second kappa shape index (κ2) is 6.27. The van der Waals surface area contributed by atoms with Crippen LogP contribution in [0.5, 0.6) is 11.5 Å². The monoisotopic (exact) mass is 298 g/mol. The molecule has 9 nitrogen and oxygen atoms in total. The lowest BCUT2D eigenvalue weighted by Gasteiger charge is -2.14. The zero-order valence-electron chi connectivity index (χ0n) is 11.2. The third-order valence-corrected chi connectivity index (χ3v) is 2.90. The summed E-state index contributed by atoms with van der Waals surface area (Å²) < 4.78 is 15.4. The van der Waals surface area contributed by atoms with E-state index in [0.29, 0.717) is 6.54 Å². The lowest BCUT2D eigenvalue weighted by Crippen LogP contribution is -2.22. The third kappa shape index (κ3) is 3.31. The Labute approximate surface area is 119 Å². The summed E-state index contributed by atoms with van der Waals surface area (Å²) in [4.78, 5) is 21.2. The average Bonchev–Trinajstić information content (AvgIpc) is 2.89. The standard InChI is InChI=1S/C12H14N2O7/c1-19-10-2-7(5-15)9(14(17)18)3-11(10)20-6-8-4-13-12(16)21-8/h2-3,8,15H,4-6H2,1H3,(H,13,16). The van der Waals surface area contributed by atoms with Crippen LogP contribution < -0.4 is 14.8 Å². The third-order valence-electron chi connectivity index (χ3n) is 2.90. The van der Waals surface area contributed by atoms with E-state index in [1.165, 1.54) is 19.2 Å². The Morgan fingerprint density at radius 3 is 2.81 bits per heavy atom. The van der Waals surface area contributed by atoms with Gasteiger partial charge in [-0.3, -0.25) is 10.1 Å². The molecule has 1 aliphatic rings. The van der Waals surface area contributed by atoms with E-state index in [4.69, 9.17) is 19.3 Å². The van der Waals surface area contributed by atoms with E-state index in [-0.39, 0.29) is 29.4 Å². The second-order valence-corrected chi connectivity index (χ2v) is 4.27. The highest BCUT2D eigenvalue weighted by atomic mass is 16.6. The van der Waals surface area contributed by atoms with E-state index in [9.17, 15) is 14.9 Å². The number of carbonyl (C=O) groups excluding carboxylic acids is 1. The predicted molar refractivity (Wildman–Crippen MR) is 69.3 cm³/mol. The first-order valence-corrected chi connectivity index (χ1v) is 6.08. The summed E-state index contributed by atoms with van der Waals surface area (Å²) in [5.41, 5.74) is -0.145. The minimum atomic E-state index is -0.616. The zero-order chi connectivity index (χ0) is 15.4. The number of methoxy groups -OCH3 is 1. The summed E-state index contributed by atoms with van der Waals surface area (Å²) >= 11 is 0. The Balaban J connectivity index is 2.18. The van der Waals surface area contributed by atoms with Crippen molar-refractivity contribution >= 4 is 11.8 Å². The molecule has 2 rings (SSSR count). The molecule has 2 N–H and O–H groups in total. The van der Waals surface area contributed by atoms with E-state index in [0.717, 1.165) is 0 Å². The number of amides is 1. The van der Waals surface area contributed by atoms with Crippen LogP contribution in [0.4, 0.5) is 10.5 Å². The van der Waals surface area contributed by atoms with Crippen molar-refractivity contribution in [2.75, 3.05) is 20.3 Å². The number of benzene rings is 1. The van der Waals surface area contributed by atoms with Crippen molar-refractivity contribution in [3.05, 3.63) is 27.8 Å². The van der Waals surface area contributed by atoms with Gasteiger partial charge < -0.3 is 24.6 Å². The number of cyclic esters (lactones) is 1.